The second-order valence-corrected chi connectivity index (χ2v) is 6.56. The molecule has 152 valence electrons. The lowest BCUT2D eigenvalue weighted by molar-refractivity contribution is -0.119. The summed E-state index contributed by atoms with van der Waals surface area (Å²) in [7, 11) is 3.46. The number of aromatic nitrogens is 2. The Bertz CT molecular complexity index is 1030. The molecule has 8 nitrogen and oxygen atoms in total. The Balaban J connectivity index is 1.54. The summed E-state index contributed by atoms with van der Waals surface area (Å²) in [5.74, 6) is 0.894. The van der Waals surface area contributed by atoms with Gasteiger partial charge in [-0.2, -0.15) is 0 Å². The highest BCUT2D eigenvalue weighted by Gasteiger charge is 2.12. The van der Waals surface area contributed by atoms with Gasteiger partial charge in [-0.15, -0.1) is 0 Å². The number of ether oxygens (including phenoxy) is 2. The number of imidazole rings is 1. The average Bonchev–Trinajstić information content (AvgIpc) is 3.05. The topological polar surface area (TPSA) is 108 Å². The van der Waals surface area contributed by atoms with Crippen LogP contribution in [0.2, 0.25) is 0 Å². The van der Waals surface area contributed by atoms with Crippen LogP contribution in [-0.4, -0.2) is 41.6 Å². The maximum Gasteiger partial charge on any atom is 0.255 e. The summed E-state index contributed by atoms with van der Waals surface area (Å²) in [4.78, 5) is 27.9. The van der Waals surface area contributed by atoms with E-state index in [0.29, 0.717) is 23.6 Å². The van der Waals surface area contributed by atoms with Gasteiger partial charge in [-0.3, -0.25) is 9.59 Å². The van der Waals surface area contributed by atoms with Gasteiger partial charge in [0.15, 0.2) is 18.1 Å². The zero-order valence-electron chi connectivity index (χ0n) is 16.5. The minimum absolute atomic E-state index is 0.213. The van der Waals surface area contributed by atoms with E-state index in [0.717, 1.165) is 29.7 Å². The molecule has 1 heterocycles. The van der Waals surface area contributed by atoms with E-state index in [2.05, 4.69) is 14.9 Å². The van der Waals surface area contributed by atoms with Crippen LogP contribution in [0.4, 0.5) is 0 Å². The van der Waals surface area contributed by atoms with Crippen LogP contribution in [0.3, 0.4) is 0 Å². The number of carbonyl (C=O) groups is 2. The van der Waals surface area contributed by atoms with Crippen molar-refractivity contribution in [2.75, 3.05) is 20.3 Å². The molecule has 0 unspecified atom stereocenters. The molecule has 3 aromatic rings. The lowest BCUT2D eigenvalue weighted by atomic mass is 10.2. The number of aryl methyl sites for hydroxylation is 2. The standard InChI is InChI=1S/C21H24N4O4/c1-25-16-7-4-3-6-15(16)24-20(25)8-5-11-23-21(27)14-9-10-17(18(12-14)28-2)29-13-19(22)26/h3-4,6-7,9-10,12H,5,8,11,13H2,1-2H3,(H2,22,26)(H,23,27). The van der Waals surface area contributed by atoms with Crippen molar-refractivity contribution >= 4 is 22.8 Å². The second kappa shape index (κ2) is 9.09. The molecule has 3 N–H and O–H groups in total. The van der Waals surface area contributed by atoms with E-state index in [-0.39, 0.29) is 12.5 Å². The van der Waals surface area contributed by atoms with Gasteiger partial charge in [0.2, 0.25) is 0 Å². The fourth-order valence-corrected chi connectivity index (χ4v) is 3.05. The number of nitrogens with two attached hydrogens (primary N) is 1. The minimum Gasteiger partial charge on any atom is -0.493 e. The molecule has 0 atom stereocenters. The molecule has 0 aliphatic carbocycles. The summed E-state index contributed by atoms with van der Waals surface area (Å²) in [6, 6.07) is 12.7. The predicted molar refractivity (Wildman–Crippen MR) is 109 cm³/mol. The van der Waals surface area contributed by atoms with E-state index < -0.39 is 5.91 Å². The van der Waals surface area contributed by atoms with E-state index in [1.54, 1.807) is 18.2 Å². The van der Waals surface area contributed by atoms with Crippen LogP contribution >= 0.6 is 0 Å². The highest BCUT2D eigenvalue weighted by atomic mass is 16.5. The number of para-hydroxylation sites is 2. The molecule has 0 aliphatic rings. The molecule has 1 aromatic heterocycles. The van der Waals surface area contributed by atoms with Crippen molar-refractivity contribution in [3.05, 3.63) is 53.9 Å². The van der Waals surface area contributed by atoms with Crippen molar-refractivity contribution in [1.82, 2.24) is 14.9 Å². The number of benzene rings is 2. The summed E-state index contributed by atoms with van der Waals surface area (Å²) in [5.41, 5.74) is 7.58. The molecular weight excluding hydrogens is 372 g/mol. The number of rotatable bonds is 9. The monoisotopic (exact) mass is 396 g/mol. The molecule has 2 amide bonds. The number of primary amides is 1. The first-order valence-electron chi connectivity index (χ1n) is 9.27. The third kappa shape index (κ3) is 4.84. The van der Waals surface area contributed by atoms with Crippen molar-refractivity contribution in [2.24, 2.45) is 12.8 Å². The fourth-order valence-electron chi connectivity index (χ4n) is 3.05. The SMILES string of the molecule is COc1cc(C(=O)NCCCc2nc3ccccc3n2C)ccc1OCC(N)=O. The molecule has 0 saturated carbocycles. The Labute approximate surface area is 168 Å². The predicted octanol–water partition coefficient (Wildman–Crippen LogP) is 1.81. The van der Waals surface area contributed by atoms with Gasteiger partial charge in [0.25, 0.3) is 11.8 Å². The molecule has 0 bridgehead atoms. The van der Waals surface area contributed by atoms with Crippen LogP contribution < -0.4 is 20.5 Å². The first-order chi connectivity index (χ1) is 14.0. The molecule has 0 fully saturated rings. The van der Waals surface area contributed by atoms with Crippen LogP contribution in [-0.2, 0) is 18.3 Å². The normalized spacial score (nSPS) is 10.7. The van der Waals surface area contributed by atoms with Gasteiger partial charge in [0.1, 0.15) is 5.82 Å². The van der Waals surface area contributed by atoms with Crippen LogP contribution in [0.25, 0.3) is 11.0 Å². The maximum atomic E-state index is 12.4. The van der Waals surface area contributed by atoms with E-state index in [1.807, 2.05) is 31.3 Å². The molecule has 0 aliphatic heterocycles. The Morgan fingerprint density at radius 3 is 2.69 bits per heavy atom. The number of carbonyl (C=O) groups excluding carboxylic acids is 2. The third-order valence-corrected chi connectivity index (χ3v) is 4.54. The summed E-state index contributed by atoms with van der Waals surface area (Å²) >= 11 is 0. The van der Waals surface area contributed by atoms with Crippen LogP contribution in [0.5, 0.6) is 11.5 Å². The van der Waals surface area contributed by atoms with E-state index in [9.17, 15) is 9.59 Å². The summed E-state index contributed by atoms with van der Waals surface area (Å²) in [6.45, 7) is 0.258. The highest BCUT2D eigenvalue weighted by Crippen LogP contribution is 2.28. The number of nitrogens with zero attached hydrogens (tertiary/aromatic N) is 2. The Morgan fingerprint density at radius 2 is 1.97 bits per heavy atom. The van der Waals surface area contributed by atoms with Gasteiger partial charge < -0.3 is 25.1 Å². The van der Waals surface area contributed by atoms with Crippen LogP contribution in [0, 0.1) is 0 Å². The number of methoxy groups -OCH3 is 1. The van der Waals surface area contributed by atoms with Crippen LogP contribution in [0.15, 0.2) is 42.5 Å². The number of amides is 2. The maximum absolute atomic E-state index is 12.4. The summed E-state index contributed by atoms with van der Waals surface area (Å²) < 4.78 is 12.6. The third-order valence-electron chi connectivity index (χ3n) is 4.54. The van der Waals surface area contributed by atoms with Crippen molar-refractivity contribution in [3.63, 3.8) is 0 Å². The van der Waals surface area contributed by atoms with Gasteiger partial charge in [-0.05, 0) is 36.8 Å². The molecule has 29 heavy (non-hydrogen) atoms. The fraction of sp³-hybridized carbons (Fsp3) is 0.286. The number of nitrogens with one attached hydrogen (secondary N) is 1. The number of hydrogen-bond donors (Lipinski definition) is 2. The first kappa shape index (κ1) is 20.2. The molecular formula is C21H24N4O4. The average molecular weight is 396 g/mol. The molecule has 3 rings (SSSR count). The van der Waals surface area contributed by atoms with Crippen LogP contribution in [0.1, 0.15) is 22.6 Å². The van der Waals surface area contributed by atoms with Gasteiger partial charge >= 0.3 is 0 Å². The Morgan fingerprint density at radius 1 is 1.17 bits per heavy atom. The van der Waals surface area contributed by atoms with Crippen molar-refractivity contribution < 1.29 is 19.1 Å². The molecule has 8 heteroatoms. The van der Waals surface area contributed by atoms with Gasteiger partial charge in [0.05, 0.1) is 18.1 Å². The summed E-state index contributed by atoms with van der Waals surface area (Å²) in [5, 5.41) is 2.90. The summed E-state index contributed by atoms with van der Waals surface area (Å²) in [6.07, 6.45) is 1.52. The molecule has 0 spiro atoms. The van der Waals surface area contributed by atoms with E-state index >= 15 is 0 Å². The number of fused-ring (bicyclic) bond motifs is 1. The van der Waals surface area contributed by atoms with Gasteiger partial charge in [-0.1, -0.05) is 12.1 Å². The zero-order valence-corrected chi connectivity index (χ0v) is 16.5. The van der Waals surface area contributed by atoms with Gasteiger partial charge in [0, 0.05) is 25.6 Å². The highest BCUT2D eigenvalue weighted by molar-refractivity contribution is 5.94. The molecule has 0 radical (unpaired) electrons. The lowest BCUT2D eigenvalue weighted by Gasteiger charge is -2.11. The molecule has 2 aromatic carbocycles. The largest absolute Gasteiger partial charge is 0.493 e. The van der Waals surface area contributed by atoms with Gasteiger partial charge in [-0.25, -0.2) is 4.98 Å². The van der Waals surface area contributed by atoms with Crippen molar-refractivity contribution in [3.8, 4) is 11.5 Å². The zero-order chi connectivity index (χ0) is 20.8. The molecule has 0 saturated heterocycles. The van der Waals surface area contributed by atoms with Crippen molar-refractivity contribution in [1.29, 1.82) is 0 Å². The Kier molecular flexibility index (Phi) is 6.33. The quantitative estimate of drug-likeness (QED) is 0.536. The Hall–Kier alpha value is -3.55. The van der Waals surface area contributed by atoms with Crippen molar-refractivity contribution in [2.45, 2.75) is 12.8 Å². The lowest BCUT2D eigenvalue weighted by Crippen LogP contribution is -2.25. The van der Waals surface area contributed by atoms with E-state index in [4.69, 9.17) is 15.2 Å². The smallest absolute Gasteiger partial charge is 0.255 e. The number of hydrogen-bond acceptors (Lipinski definition) is 5. The first-order valence-corrected chi connectivity index (χ1v) is 9.27. The minimum atomic E-state index is -0.588. The van der Waals surface area contributed by atoms with E-state index in [1.165, 1.54) is 7.11 Å². The second-order valence-electron chi connectivity index (χ2n) is 6.56.